The van der Waals surface area contributed by atoms with Crippen molar-refractivity contribution in [1.29, 1.82) is 0 Å². The Bertz CT molecular complexity index is 947. The standard InChI is InChI=1S/C21H25N5O2/c27-21(28)22-12-15-2-1-3-16(10-15)14-26-8-6-18(7-9-26)24-19-4-5-20-17(11-19)13-23-25-20/h1-5,10-11,13,18,22,24H,6-9,12,14H2,(H,23,25)(H,27,28). The lowest BCUT2D eigenvalue weighted by Crippen LogP contribution is -2.38. The van der Waals surface area contributed by atoms with E-state index in [2.05, 4.69) is 56.1 Å². The Morgan fingerprint density at radius 2 is 2.00 bits per heavy atom. The van der Waals surface area contributed by atoms with Crippen molar-refractivity contribution in [2.24, 2.45) is 0 Å². The van der Waals surface area contributed by atoms with Crippen LogP contribution in [0.25, 0.3) is 10.9 Å². The average molecular weight is 379 g/mol. The van der Waals surface area contributed by atoms with Crippen LogP contribution in [0, 0.1) is 0 Å². The van der Waals surface area contributed by atoms with E-state index < -0.39 is 6.09 Å². The van der Waals surface area contributed by atoms with Crippen molar-refractivity contribution < 1.29 is 9.90 Å². The molecule has 2 heterocycles. The molecule has 0 unspecified atom stereocenters. The van der Waals surface area contributed by atoms with Crippen molar-refractivity contribution in [1.82, 2.24) is 20.4 Å². The third-order valence-electron chi connectivity index (χ3n) is 5.24. The number of fused-ring (bicyclic) bond motifs is 1. The van der Waals surface area contributed by atoms with Crippen LogP contribution in [-0.4, -0.2) is 45.4 Å². The average Bonchev–Trinajstić information content (AvgIpc) is 3.16. The highest BCUT2D eigenvalue weighted by molar-refractivity contribution is 5.81. The summed E-state index contributed by atoms with van der Waals surface area (Å²) in [6, 6.07) is 14.9. The molecule has 7 nitrogen and oxygen atoms in total. The van der Waals surface area contributed by atoms with Gasteiger partial charge in [0.15, 0.2) is 0 Å². The van der Waals surface area contributed by atoms with Crippen LogP contribution in [0.4, 0.5) is 10.5 Å². The summed E-state index contributed by atoms with van der Waals surface area (Å²) >= 11 is 0. The lowest BCUT2D eigenvalue weighted by atomic mass is 10.0. The molecule has 0 saturated carbocycles. The Labute approximate surface area is 163 Å². The normalized spacial score (nSPS) is 15.6. The highest BCUT2D eigenvalue weighted by Gasteiger charge is 2.19. The minimum Gasteiger partial charge on any atom is -0.465 e. The number of nitrogens with zero attached hydrogens (tertiary/aromatic N) is 2. The van der Waals surface area contributed by atoms with Gasteiger partial charge in [-0.25, -0.2) is 4.79 Å². The van der Waals surface area contributed by atoms with E-state index in [-0.39, 0.29) is 0 Å². The Morgan fingerprint density at radius 1 is 1.18 bits per heavy atom. The highest BCUT2D eigenvalue weighted by atomic mass is 16.4. The maximum absolute atomic E-state index is 10.7. The molecule has 1 aromatic heterocycles. The summed E-state index contributed by atoms with van der Waals surface area (Å²) in [6.07, 6.45) is 3.06. The van der Waals surface area contributed by atoms with E-state index in [0.717, 1.165) is 54.6 Å². The molecule has 2 aromatic carbocycles. The molecule has 28 heavy (non-hydrogen) atoms. The van der Waals surface area contributed by atoms with E-state index in [1.54, 1.807) is 0 Å². The summed E-state index contributed by atoms with van der Waals surface area (Å²) in [6.45, 7) is 3.33. The van der Waals surface area contributed by atoms with Gasteiger partial charge in [-0.15, -0.1) is 0 Å². The predicted molar refractivity (Wildman–Crippen MR) is 109 cm³/mol. The van der Waals surface area contributed by atoms with Gasteiger partial charge in [0.05, 0.1) is 11.7 Å². The van der Waals surface area contributed by atoms with E-state index >= 15 is 0 Å². The molecule has 7 heteroatoms. The molecule has 1 saturated heterocycles. The molecule has 146 valence electrons. The molecule has 4 N–H and O–H groups in total. The van der Waals surface area contributed by atoms with Crippen molar-refractivity contribution in [2.75, 3.05) is 18.4 Å². The summed E-state index contributed by atoms with van der Waals surface area (Å²) in [7, 11) is 0. The summed E-state index contributed by atoms with van der Waals surface area (Å²) < 4.78 is 0. The second-order valence-electron chi connectivity index (χ2n) is 7.35. The smallest absolute Gasteiger partial charge is 0.404 e. The third-order valence-corrected chi connectivity index (χ3v) is 5.24. The molecular weight excluding hydrogens is 354 g/mol. The van der Waals surface area contributed by atoms with Crippen molar-refractivity contribution in [2.45, 2.75) is 32.0 Å². The summed E-state index contributed by atoms with van der Waals surface area (Å²) in [5, 5.41) is 23.0. The number of rotatable bonds is 6. The molecule has 1 amide bonds. The van der Waals surface area contributed by atoms with Crippen molar-refractivity contribution in [3.63, 3.8) is 0 Å². The third kappa shape index (κ3) is 4.61. The number of amides is 1. The summed E-state index contributed by atoms with van der Waals surface area (Å²) in [4.78, 5) is 13.1. The zero-order valence-corrected chi connectivity index (χ0v) is 15.7. The monoisotopic (exact) mass is 379 g/mol. The number of carbonyl (C=O) groups is 1. The van der Waals surface area contributed by atoms with E-state index in [4.69, 9.17) is 5.11 Å². The first-order valence-electron chi connectivity index (χ1n) is 9.62. The van der Waals surface area contributed by atoms with Crippen LogP contribution in [0.2, 0.25) is 0 Å². The van der Waals surface area contributed by atoms with Gasteiger partial charge in [0, 0.05) is 43.3 Å². The minimum atomic E-state index is -0.994. The fraction of sp³-hybridized carbons (Fsp3) is 0.333. The summed E-state index contributed by atoms with van der Waals surface area (Å²) in [5.74, 6) is 0. The van der Waals surface area contributed by atoms with Gasteiger partial charge < -0.3 is 15.7 Å². The fourth-order valence-electron chi connectivity index (χ4n) is 3.78. The maximum Gasteiger partial charge on any atom is 0.404 e. The molecule has 1 aliphatic rings. The molecule has 3 aromatic rings. The lowest BCUT2D eigenvalue weighted by Gasteiger charge is -2.33. The number of carboxylic acid groups (broad SMARTS) is 1. The Hall–Kier alpha value is -3.06. The van der Waals surface area contributed by atoms with Crippen LogP contribution in [0.1, 0.15) is 24.0 Å². The molecule has 4 rings (SSSR count). The number of H-pyrrole nitrogens is 1. The van der Waals surface area contributed by atoms with Crippen LogP contribution in [0.5, 0.6) is 0 Å². The zero-order valence-electron chi connectivity index (χ0n) is 15.7. The maximum atomic E-state index is 10.7. The Balaban J connectivity index is 1.28. The van der Waals surface area contributed by atoms with E-state index in [1.807, 2.05) is 18.3 Å². The molecule has 0 atom stereocenters. The second-order valence-corrected chi connectivity index (χ2v) is 7.35. The Morgan fingerprint density at radius 3 is 2.82 bits per heavy atom. The quantitative estimate of drug-likeness (QED) is 0.527. The van der Waals surface area contributed by atoms with Crippen LogP contribution >= 0.6 is 0 Å². The van der Waals surface area contributed by atoms with Crippen LogP contribution in [0.3, 0.4) is 0 Å². The number of nitrogens with one attached hydrogen (secondary N) is 3. The zero-order chi connectivity index (χ0) is 19.3. The first kappa shape index (κ1) is 18.3. The highest BCUT2D eigenvalue weighted by Crippen LogP contribution is 2.21. The number of aromatic amines is 1. The molecule has 0 bridgehead atoms. The number of aromatic nitrogens is 2. The molecule has 0 radical (unpaired) electrons. The number of hydrogen-bond donors (Lipinski definition) is 4. The SMILES string of the molecule is O=C(O)NCc1cccc(CN2CCC(Nc3ccc4[nH]ncc4c3)CC2)c1. The Kier molecular flexibility index (Phi) is 5.43. The van der Waals surface area contributed by atoms with Gasteiger partial charge in [0.1, 0.15) is 0 Å². The van der Waals surface area contributed by atoms with E-state index in [9.17, 15) is 4.79 Å². The van der Waals surface area contributed by atoms with Gasteiger partial charge in [-0.1, -0.05) is 24.3 Å². The first-order valence-corrected chi connectivity index (χ1v) is 9.62. The molecule has 0 aliphatic carbocycles. The minimum absolute atomic E-state index is 0.343. The first-order chi connectivity index (χ1) is 13.7. The topological polar surface area (TPSA) is 93.3 Å². The van der Waals surface area contributed by atoms with E-state index in [1.165, 1.54) is 5.56 Å². The molecule has 0 spiro atoms. The molecule has 1 aliphatic heterocycles. The van der Waals surface area contributed by atoms with Crippen LogP contribution in [0.15, 0.2) is 48.7 Å². The van der Waals surface area contributed by atoms with Gasteiger partial charge in [0.2, 0.25) is 0 Å². The second kappa shape index (κ2) is 8.31. The summed E-state index contributed by atoms with van der Waals surface area (Å²) in [5.41, 5.74) is 4.42. The van der Waals surface area contributed by atoms with Crippen molar-refractivity contribution >= 4 is 22.7 Å². The van der Waals surface area contributed by atoms with E-state index in [0.29, 0.717) is 12.6 Å². The largest absolute Gasteiger partial charge is 0.465 e. The van der Waals surface area contributed by atoms with Gasteiger partial charge in [-0.3, -0.25) is 10.00 Å². The lowest BCUT2D eigenvalue weighted by molar-refractivity contribution is 0.194. The fourth-order valence-corrected chi connectivity index (χ4v) is 3.78. The molecular formula is C21H25N5O2. The number of likely N-dealkylation sites (tertiary alicyclic amines) is 1. The number of benzene rings is 2. The predicted octanol–water partition coefficient (Wildman–Crippen LogP) is 3.41. The van der Waals surface area contributed by atoms with Gasteiger partial charge in [-0.2, -0.15) is 5.10 Å². The van der Waals surface area contributed by atoms with Crippen molar-refractivity contribution in [3.8, 4) is 0 Å². The van der Waals surface area contributed by atoms with Crippen LogP contribution in [-0.2, 0) is 13.1 Å². The van der Waals surface area contributed by atoms with Gasteiger partial charge in [-0.05, 0) is 42.2 Å². The number of piperidine rings is 1. The van der Waals surface area contributed by atoms with Gasteiger partial charge in [0.25, 0.3) is 0 Å². The molecule has 1 fully saturated rings. The van der Waals surface area contributed by atoms with Crippen molar-refractivity contribution in [3.05, 3.63) is 59.8 Å². The number of anilines is 1. The number of hydrogen-bond acceptors (Lipinski definition) is 4. The van der Waals surface area contributed by atoms with Crippen LogP contribution < -0.4 is 10.6 Å². The van der Waals surface area contributed by atoms with Gasteiger partial charge >= 0.3 is 6.09 Å².